The summed E-state index contributed by atoms with van der Waals surface area (Å²) in [5.41, 5.74) is 13.9. The number of piperidine rings is 1. The smallest absolute Gasteiger partial charge is 0.414 e. The number of nitrogens with two attached hydrogens (primary N) is 2. The fourth-order valence-electron chi connectivity index (χ4n) is 3.29. The van der Waals surface area contributed by atoms with Gasteiger partial charge in [0, 0.05) is 31.2 Å². The van der Waals surface area contributed by atoms with Crippen LogP contribution in [0, 0.1) is 0 Å². The first-order valence-corrected chi connectivity index (χ1v) is 9.72. The van der Waals surface area contributed by atoms with Crippen molar-refractivity contribution in [2.75, 3.05) is 18.8 Å². The van der Waals surface area contributed by atoms with Crippen LogP contribution in [0.1, 0.15) is 35.8 Å². The molecule has 1 atom stereocenters. The number of hydrogen-bond donors (Lipinski definition) is 3. The SMILES string of the molecule is C=C(C)OC(=O)N1CCC[C@H](NC(=O)c2nc(-c3cccc(CN)c3)cnc2N)C1. The number of rotatable bonds is 5. The Hall–Kier alpha value is -3.46. The van der Waals surface area contributed by atoms with E-state index in [1.54, 1.807) is 11.8 Å². The first-order chi connectivity index (χ1) is 14.4. The standard InChI is InChI=1S/C21H26N6O3/c1-13(2)30-21(29)27-8-4-7-16(12-27)25-20(28)18-19(23)24-11-17(26-18)15-6-3-5-14(9-15)10-22/h3,5-6,9,11,16H,1,4,7-8,10,12,22H2,2H3,(H2,23,24)(H,25,28)/t16-/m0/s1. The second-order valence-corrected chi connectivity index (χ2v) is 7.22. The van der Waals surface area contributed by atoms with Gasteiger partial charge in [-0.1, -0.05) is 24.8 Å². The van der Waals surface area contributed by atoms with Crippen LogP contribution < -0.4 is 16.8 Å². The molecular formula is C21H26N6O3. The van der Waals surface area contributed by atoms with Crippen molar-refractivity contribution in [1.82, 2.24) is 20.2 Å². The Morgan fingerprint density at radius 2 is 2.20 bits per heavy atom. The topological polar surface area (TPSA) is 136 Å². The number of nitrogens with zero attached hydrogens (tertiary/aromatic N) is 3. The van der Waals surface area contributed by atoms with Crippen LogP contribution in [-0.2, 0) is 11.3 Å². The van der Waals surface area contributed by atoms with Crippen molar-refractivity contribution in [3.63, 3.8) is 0 Å². The number of ether oxygens (including phenoxy) is 1. The highest BCUT2D eigenvalue weighted by Crippen LogP contribution is 2.20. The summed E-state index contributed by atoms with van der Waals surface area (Å²) in [7, 11) is 0. The molecule has 1 aliphatic heterocycles. The van der Waals surface area contributed by atoms with Gasteiger partial charge < -0.3 is 26.4 Å². The number of nitrogens with one attached hydrogen (secondary N) is 1. The Balaban J connectivity index is 1.73. The maximum Gasteiger partial charge on any atom is 0.414 e. The summed E-state index contributed by atoms with van der Waals surface area (Å²) in [5.74, 6) is -0.0674. The third-order valence-corrected chi connectivity index (χ3v) is 4.75. The van der Waals surface area contributed by atoms with Gasteiger partial charge in [-0.3, -0.25) is 4.79 Å². The fraction of sp³-hybridized carbons (Fsp3) is 0.333. The van der Waals surface area contributed by atoms with E-state index < -0.39 is 12.0 Å². The van der Waals surface area contributed by atoms with Crippen LogP contribution in [0.2, 0.25) is 0 Å². The van der Waals surface area contributed by atoms with Gasteiger partial charge in [-0.05, 0) is 31.4 Å². The predicted octanol–water partition coefficient (Wildman–Crippen LogP) is 2.05. The summed E-state index contributed by atoms with van der Waals surface area (Å²) in [6, 6.07) is 7.31. The molecule has 0 bridgehead atoms. The van der Waals surface area contributed by atoms with Crippen LogP contribution in [-0.4, -0.2) is 46.0 Å². The van der Waals surface area contributed by atoms with Gasteiger partial charge in [-0.2, -0.15) is 0 Å². The molecule has 9 heteroatoms. The van der Waals surface area contributed by atoms with Crippen LogP contribution >= 0.6 is 0 Å². The average Bonchev–Trinajstić information content (AvgIpc) is 2.73. The van der Waals surface area contributed by atoms with Crippen molar-refractivity contribution in [1.29, 1.82) is 0 Å². The lowest BCUT2D eigenvalue weighted by molar-refractivity contribution is 0.0869. The Labute approximate surface area is 175 Å². The van der Waals surface area contributed by atoms with E-state index in [0.717, 1.165) is 24.0 Å². The average molecular weight is 410 g/mol. The molecule has 1 aliphatic rings. The summed E-state index contributed by atoms with van der Waals surface area (Å²) in [4.78, 5) is 35.0. The highest BCUT2D eigenvalue weighted by atomic mass is 16.6. The van der Waals surface area contributed by atoms with Gasteiger partial charge in [0.25, 0.3) is 5.91 Å². The van der Waals surface area contributed by atoms with Crippen LogP contribution in [0.15, 0.2) is 42.8 Å². The summed E-state index contributed by atoms with van der Waals surface area (Å²) in [6.07, 6.45) is 2.53. The van der Waals surface area contributed by atoms with E-state index in [2.05, 4.69) is 21.9 Å². The molecule has 1 aromatic heterocycles. The first-order valence-electron chi connectivity index (χ1n) is 9.72. The first kappa shape index (κ1) is 21.3. The Kier molecular flexibility index (Phi) is 6.63. The highest BCUT2D eigenvalue weighted by Gasteiger charge is 2.27. The molecule has 2 heterocycles. The monoisotopic (exact) mass is 410 g/mol. The zero-order valence-electron chi connectivity index (χ0n) is 16.9. The summed E-state index contributed by atoms with van der Waals surface area (Å²) >= 11 is 0. The van der Waals surface area contributed by atoms with E-state index >= 15 is 0 Å². The number of allylic oxidation sites excluding steroid dienone is 1. The molecule has 2 aromatic rings. The van der Waals surface area contributed by atoms with Gasteiger partial charge in [0.1, 0.15) is 0 Å². The van der Waals surface area contributed by atoms with Crippen LogP contribution in [0.5, 0.6) is 0 Å². The molecule has 0 aliphatic carbocycles. The molecular weight excluding hydrogens is 384 g/mol. The van der Waals surface area contributed by atoms with Gasteiger partial charge in [-0.15, -0.1) is 0 Å². The minimum Gasteiger partial charge on any atom is -0.416 e. The van der Waals surface area contributed by atoms with E-state index in [1.807, 2.05) is 24.3 Å². The summed E-state index contributed by atoms with van der Waals surface area (Å²) < 4.78 is 5.06. The number of benzene rings is 1. The Morgan fingerprint density at radius 1 is 1.40 bits per heavy atom. The maximum absolute atomic E-state index is 12.8. The minimum atomic E-state index is -0.470. The Bertz CT molecular complexity index is 962. The number of anilines is 1. The van der Waals surface area contributed by atoms with Crippen molar-refractivity contribution in [3.05, 3.63) is 54.1 Å². The molecule has 1 saturated heterocycles. The fourth-order valence-corrected chi connectivity index (χ4v) is 3.29. The molecule has 1 aromatic carbocycles. The van der Waals surface area contributed by atoms with Crippen molar-refractivity contribution in [3.8, 4) is 11.3 Å². The number of carbonyl (C=O) groups is 2. The molecule has 2 amide bonds. The number of hydrogen-bond acceptors (Lipinski definition) is 7. The van der Waals surface area contributed by atoms with Crippen molar-refractivity contribution < 1.29 is 14.3 Å². The third kappa shape index (κ3) is 5.12. The zero-order valence-corrected chi connectivity index (χ0v) is 16.9. The molecule has 0 unspecified atom stereocenters. The summed E-state index contributed by atoms with van der Waals surface area (Å²) in [5, 5.41) is 2.90. The molecule has 158 valence electrons. The lowest BCUT2D eigenvalue weighted by Crippen LogP contribution is -2.49. The molecule has 5 N–H and O–H groups in total. The second kappa shape index (κ2) is 9.36. The van der Waals surface area contributed by atoms with Crippen LogP contribution in [0.3, 0.4) is 0 Å². The molecule has 30 heavy (non-hydrogen) atoms. The predicted molar refractivity (Wildman–Crippen MR) is 113 cm³/mol. The number of aromatic nitrogens is 2. The van der Waals surface area contributed by atoms with Crippen LogP contribution in [0.25, 0.3) is 11.3 Å². The molecule has 9 nitrogen and oxygen atoms in total. The highest BCUT2D eigenvalue weighted by molar-refractivity contribution is 5.97. The van der Waals surface area contributed by atoms with E-state index in [9.17, 15) is 9.59 Å². The van der Waals surface area contributed by atoms with Crippen molar-refractivity contribution in [2.24, 2.45) is 5.73 Å². The third-order valence-electron chi connectivity index (χ3n) is 4.75. The second-order valence-electron chi connectivity index (χ2n) is 7.22. The Morgan fingerprint density at radius 3 is 2.93 bits per heavy atom. The lowest BCUT2D eigenvalue weighted by Gasteiger charge is -2.32. The number of amides is 2. The minimum absolute atomic E-state index is 0.0422. The molecule has 0 radical (unpaired) electrons. The van der Waals surface area contributed by atoms with Gasteiger partial charge in [0.2, 0.25) is 0 Å². The van der Waals surface area contributed by atoms with Gasteiger partial charge in [0.15, 0.2) is 11.5 Å². The van der Waals surface area contributed by atoms with Gasteiger partial charge >= 0.3 is 6.09 Å². The van der Waals surface area contributed by atoms with Gasteiger partial charge in [-0.25, -0.2) is 14.8 Å². The maximum atomic E-state index is 12.8. The molecule has 0 spiro atoms. The van der Waals surface area contributed by atoms with E-state index in [-0.39, 0.29) is 17.6 Å². The summed E-state index contributed by atoms with van der Waals surface area (Å²) in [6.45, 7) is 6.48. The van der Waals surface area contributed by atoms with E-state index in [0.29, 0.717) is 31.1 Å². The van der Waals surface area contributed by atoms with Crippen LogP contribution in [0.4, 0.5) is 10.6 Å². The molecule has 0 saturated carbocycles. The van der Waals surface area contributed by atoms with Gasteiger partial charge in [0.05, 0.1) is 17.6 Å². The number of nitrogen functional groups attached to an aromatic ring is 1. The van der Waals surface area contributed by atoms with Crippen molar-refractivity contribution >= 4 is 17.8 Å². The van der Waals surface area contributed by atoms with Crippen molar-refractivity contribution in [2.45, 2.75) is 32.4 Å². The normalized spacial score (nSPS) is 16.1. The zero-order chi connectivity index (χ0) is 21.7. The largest absolute Gasteiger partial charge is 0.416 e. The van der Waals surface area contributed by atoms with E-state index in [4.69, 9.17) is 16.2 Å². The van der Waals surface area contributed by atoms with E-state index in [1.165, 1.54) is 6.20 Å². The lowest BCUT2D eigenvalue weighted by atomic mass is 10.1. The molecule has 3 rings (SSSR count). The number of likely N-dealkylation sites (tertiary alicyclic amines) is 1. The molecule has 1 fully saturated rings. The number of carbonyl (C=O) groups excluding carboxylic acids is 2. The quantitative estimate of drug-likeness (QED) is 0.642.